The van der Waals surface area contributed by atoms with Crippen molar-refractivity contribution in [2.45, 2.75) is 65.0 Å². The molecule has 0 saturated carbocycles. The number of amides is 1. The number of fused-ring (bicyclic) bond motifs is 3. The van der Waals surface area contributed by atoms with Gasteiger partial charge in [-0.3, -0.25) is 9.69 Å². The van der Waals surface area contributed by atoms with Gasteiger partial charge < -0.3 is 14.6 Å². The van der Waals surface area contributed by atoms with E-state index >= 15 is 0 Å². The Hall–Kier alpha value is -3.45. The summed E-state index contributed by atoms with van der Waals surface area (Å²) in [7, 11) is 0. The van der Waals surface area contributed by atoms with Gasteiger partial charge in [-0.1, -0.05) is 38.5 Å². The third kappa shape index (κ3) is 5.12. The number of carbonyl (C=O) groups is 2. The van der Waals surface area contributed by atoms with Crippen molar-refractivity contribution in [1.82, 2.24) is 14.8 Å². The van der Waals surface area contributed by atoms with E-state index in [1.807, 2.05) is 24.3 Å². The lowest BCUT2D eigenvalue weighted by molar-refractivity contribution is -0.140. The van der Waals surface area contributed by atoms with Crippen molar-refractivity contribution >= 4 is 28.4 Å². The highest BCUT2D eigenvalue weighted by Gasteiger charge is 2.37. The van der Waals surface area contributed by atoms with Crippen molar-refractivity contribution in [2.24, 2.45) is 0 Å². The Morgan fingerprint density at radius 1 is 1.08 bits per heavy atom. The summed E-state index contributed by atoms with van der Waals surface area (Å²) in [5.41, 5.74) is 3.30. The number of aromatic amines is 1. The van der Waals surface area contributed by atoms with Gasteiger partial charge in [0.25, 0.3) is 5.91 Å². The predicted molar refractivity (Wildman–Crippen MR) is 147 cm³/mol. The van der Waals surface area contributed by atoms with Crippen LogP contribution in [0.4, 0.5) is 4.39 Å². The van der Waals surface area contributed by atoms with Gasteiger partial charge in [-0.15, -0.1) is 0 Å². The zero-order chi connectivity index (χ0) is 27.0. The summed E-state index contributed by atoms with van der Waals surface area (Å²) in [5.74, 6) is -1.07. The molecule has 2 aliphatic heterocycles. The van der Waals surface area contributed by atoms with E-state index in [4.69, 9.17) is 4.74 Å². The molecule has 2 aliphatic rings. The molecule has 0 bridgehead atoms. The van der Waals surface area contributed by atoms with Crippen molar-refractivity contribution < 1.29 is 18.7 Å². The summed E-state index contributed by atoms with van der Waals surface area (Å²) >= 11 is 0. The highest BCUT2D eigenvalue weighted by Crippen LogP contribution is 2.40. The van der Waals surface area contributed by atoms with Crippen LogP contribution in [0.15, 0.2) is 48.7 Å². The predicted octanol–water partition coefficient (Wildman–Crippen LogP) is 6.02. The van der Waals surface area contributed by atoms with Crippen molar-refractivity contribution in [2.75, 3.05) is 19.6 Å². The van der Waals surface area contributed by atoms with E-state index in [0.29, 0.717) is 35.5 Å². The molecular weight excluding hydrogens is 481 g/mol. The topological polar surface area (TPSA) is 65.6 Å². The molecule has 0 unspecified atom stereocenters. The monoisotopic (exact) mass is 517 g/mol. The van der Waals surface area contributed by atoms with Crippen molar-refractivity contribution in [3.05, 3.63) is 76.9 Å². The number of rotatable bonds is 5. The van der Waals surface area contributed by atoms with Crippen molar-refractivity contribution in [3.63, 3.8) is 0 Å². The third-order valence-electron chi connectivity index (χ3n) is 7.46. The molecular formula is C31H36FN3O3. The Kier molecular flexibility index (Phi) is 7.14. The molecule has 1 saturated heterocycles. The summed E-state index contributed by atoms with van der Waals surface area (Å²) in [4.78, 5) is 34.5. The van der Waals surface area contributed by atoms with E-state index in [-0.39, 0.29) is 17.8 Å². The van der Waals surface area contributed by atoms with Crippen LogP contribution in [0.2, 0.25) is 0 Å². The number of carbonyl (C=O) groups excluding carboxylic acids is 2. The standard InChI is InChI=1S/C31H36FN3O3/c1-20(2)38-30(37)24-18-35(19-31(3,4)27-23-10-6-7-11-26(23)33-28(24)27)29(36)21-12-13-25(32)22(16-21)17-34-14-8-5-9-15-34/h6-7,10-13,16,18,20,33H,5,8-9,14-15,17,19H2,1-4H3. The number of nitrogens with one attached hydrogen (secondary N) is 1. The van der Waals surface area contributed by atoms with Gasteiger partial charge in [-0.05, 0) is 69.6 Å². The first-order valence-corrected chi connectivity index (χ1v) is 13.5. The van der Waals surface area contributed by atoms with Crippen molar-refractivity contribution in [1.29, 1.82) is 0 Å². The van der Waals surface area contributed by atoms with E-state index in [0.717, 1.165) is 42.4 Å². The van der Waals surface area contributed by atoms with E-state index in [1.54, 1.807) is 31.0 Å². The second-order valence-corrected chi connectivity index (χ2v) is 11.4. The number of ether oxygens (including phenoxy) is 1. The number of piperidine rings is 1. The fraction of sp³-hybridized carbons (Fsp3) is 0.419. The number of benzene rings is 2. The first kappa shape index (κ1) is 26.2. The van der Waals surface area contributed by atoms with Gasteiger partial charge in [0.15, 0.2) is 0 Å². The van der Waals surface area contributed by atoms with Crippen molar-refractivity contribution in [3.8, 4) is 0 Å². The van der Waals surface area contributed by atoms with Crippen LogP contribution in [-0.2, 0) is 21.5 Å². The van der Waals surface area contributed by atoms with Crippen LogP contribution in [0.1, 0.15) is 74.1 Å². The fourth-order valence-electron chi connectivity index (χ4n) is 5.73. The van der Waals surface area contributed by atoms with Gasteiger partial charge in [0.05, 0.1) is 17.4 Å². The van der Waals surface area contributed by atoms with Crippen LogP contribution in [0, 0.1) is 5.82 Å². The lowest BCUT2D eigenvalue weighted by atomic mass is 9.81. The van der Waals surface area contributed by atoms with Gasteiger partial charge in [0.1, 0.15) is 5.82 Å². The number of H-pyrrole nitrogens is 1. The minimum absolute atomic E-state index is 0.276. The zero-order valence-corrected chi connectivity index (χ0v) is 22.6. The van der Waals surface area contributed by atoms with Crippen LogP contribution >= 0.6 is 0 Å². The molecule has 1 aromatic heterocycles. The Balaban J connectivity index is 1.55. The van der Waals surface area contributed by atoms with E-state index in [1.165, 1.54) is 18.6 Å². The van der Waals surface area contributed by atoms with Gasteiger partial charge in [-0.2, -0.15) is 0 Å². The number of likely N-dealkylation sites (tertiary alicyclic amines) is 1. The van der Waals surface area contributed by atoms with Crippen LogP contribution in [0.3, 0.4) is 0 Å². The average molecular weight is 518 g/mol. The Labute approximate surface area is 223 Å². The van der Waals surface area contributed by atoms with Crippen LogP contribution in [0.25, 0.3) is 16.5 Å². The highest BCUT2D eigenvalue weighted by molar-refractivity contribution is 6.18. The summed E-state index contributed by atoms with van der Waals surface area (Å²) < 4.78 is 20.4. The number of aromatic nitrogens is 1. The minimum Gasteiger partial charge on any atom is -0.459 e. The number of para-hydroxylation sites is 1. The molecule has 3 heterocycles. The molecule has 0 aliphatic carbocycles. The smallest absolute Gasteiger partial charge is 0.342 e. The molecule has 0 atom stereocenters. The van der Waals surface area contributed by atoms with E-state index in [2.05, 4.69) is 23.7 Å². The molecule has 1 fully saturated rings. The lowest BCUT2D eigenvalue weighted by Gasteiger charge is -2.30. The molecule has 200 valence electrons. The second-order valence-electron chi connectivity index (χ2n) is 11.4. The quantitative estimate of drug-likeness (QED) is 0.421. The van der Waals surface area contributed by atoms with E-state index in [9.17, 15) is 14.0 Å². The number of nitrogens with zero attached hydrogens (tertiary/aromatic N) is 2. The number of hydrogen-bond acceptors (Lipinski definition) is 4. The van der Waals surface area contributed by atoms with Crippen LogP contribution in [0.5, 0.6) is 0 Å². The average Bonchev–Trinajstić information content (AvgIpc) is 3.22. The molecule has 7 heteroatoms. The Morgan fingerprint density at radius 2 is 1.82 bits per heavy atom. The SMILES string of the molecule is CC(C)OC(=O)C1=CN(C(=O)c2ccc(F)c(CN3CCCCC3)c2)CC(C)(C)c2c1[nH]c1ccccc21. The van der Waals surface area contributed by atoms with Gasteiger partial charge in [-0.25, -0.2) is 9.18 Å². The molecule has 1 N–H and O–H groups in total. The summed E-state index contributed by atoms with van der Waals surface area (Å²) in [6.45, 7) is 10.5. The molecule has 0 radical (unpaired) electrons. The summed E-state index contributed by atoms with van der Waals surface area (Å²) in [6, 6.07) is 12.5. The molecule has 3 aromatic rings. The molecule has 6 nitrogen and oxygen atoms in total. The Bertz CT molecular complexity index is 1400. The third-order valence-corrected chi connectivity index (χ3v) is 7.46. The first-order valence-electron chi connectivity index (χ1n) is 13.5. The molecule has 1 amide bonds. The number of hydrogen-bond donors (Lipinski definition) is 1. The van der Waals surface area contributed by atoms with Crippen LogP contribution in [-0.4, -0.2) is 52.4 Å². The van der Waals surface area contributed by atoms with Crippen LogP contribution < -0.4 is 0 Å². The van der Waals surface area contributed by atoms with Gasteiger partial charge in [0, 0.05) is 46.7 Å². The number of esters is 1. The second kappa shape index (κ2) is 10.4. The first-order chi connectivity index (χ1) is 18.1. The molecule has 2 aromatic carbocycles. The molecule has 0 spiro atoms. The molecule has 38 heavy (non-hydrogen) atoms. The van der Waals surface area contributed by atoms with Gasteiger partial charge >= 0.3 is 5.97 Å². The summed E-state index contributed by atoms with van der Waals surface area (Å²) in [6.07, 6.45) is 4.71. The van der Waals surface area contributed by atoms with E-state index < -0.39 is 11.4 Å². The minimum atomic E-state index is -0.492. The molecule has 5 rings (SSSR count). The lowest BCUT2D eigenvalue weighted by Crippen LogP contribution is -2.37. The maximum atomic E-state index is 14.8. The highest BCUT2D eigenvalue weighted by atomic mass is 19.1. The summed E-state index contributed by atoms with van der Waals surface area (Å²) in [5, 5.41) is 1.01. The maximum absolute atomic E-state index is 14.8. The fourth-order valence-corrected chi connectivity index (χ4v) is 5.73. The number of halogens is 1. The van der Waals surface area contributed by atoms with Gasteiger partial charge in [0.2, 0.25) is 0 Å². The Morgan fingerprint density at radius 3 is 2.55 bits per heavy atom. The normalized spacial score (nSPS) is 17.7. The zero-order valence-electron chi connectivity index (χ0n) is 22.6. The largest absolute Gasteiger partial charge is 0.459 e. The maximum Gasteiger partial charge on any atom is 0.342 e.